The predicted molar refractivity (Wildman–Crippen MR) is 78.9 cm³/mol. The first-order valence-corrected chi connectivity index (χ1v) is 7.82. The molecule has 0 saturated heterocycles. The summed E-state index contributed by atoms with van der Waals surface area (Å²) >= 11 is 0. The molecule has 0 saturated carbocycles. The quantitative estimate of drug-likeness (QED) is 0.775. The van der Waals surface area contributed by atoms with Gasteiger partial charge < -0.3 is 0 Å². The van der Waals surface area contributed by atoms with Gasteiger partial charge in [0.1, 0.15) is 6.33 Å². The summed E-state index contributed by atoms with van der Waals surface area (Å²) in [5.41, 5.74) is 1.74. The number of tetrazole rings is 1. The molecule has 0 bridgehead atoms. The van der Waals surface area contributed by atoms with Crippen molar-refractivity contribution in [2.24, 2.45) is 0 Å². The van der Waals surface area contributed by atoms with E-state index in [9.17, 15) is 8.42 Å². The van der Waals surface area contributed by atoms with E-state index < -0.39 is 10.0 Å². The minimum absolute atomic E-state index is 0.120. The van der Waals surface area contributed by atoms with Crippen LogP contribution >= 0.6 is 0 Å². The van der Waals surface area contributed by atoms with Crippen LogP contribution < -0.4 is 4.72 Å². The van der Waals surface area contributed by atoms with Crippen LogP contribution in [0.1, 0.15) is 5.69 Å². The number of benzene rings is 1. The third-order valence-corrected chi connectivity index (χ3v) is 4.27. The van der Waals surface area contributed by atoms with Gasteiger partial charge in [-0.1, -0.05) is 6.07 Å². The number of hydrogen-bond donors (Lipinski definition) is 1. The first kappa shape index (κ1) is 14.1. The number of aromatic nitrogens is 5. The zero-order valence-corrected chi connectivity index (χ0v) is 12.4. The van der Waals surface area contributed by atoms with Crippen LogP contribution in [0.2, 0.25) is 0 Å². The Labute approximate surface area is 126 Å². The molecule has 2 aromatic heterocycles. The monoisotopic (exact) mass is 316 g/mol. The van der Waals surface area contributed by atoms with E-state index in [2.05, 4.69) is 25.2 Å². The van der Waals surface area contributed by atoms with E-state index in [1.807, 2.05) is 0 Å². The van der Waals surface area contributed by atoms with Crippen molar-refractivity contribution in [1.29, 1.82) is 0 Å². The lowest BCUT2D eigenvalue weighted by atomic mass is 10.3. The second-order valence-electron chi connectivity index (χ2n) is 4.54. The highest BCUT2D eigenvalue weighted by molar-refractivity contribution is 7.92. The van der Waals surface area contributed by atoms with Crippen molar-refractivity contribution in [2.45, 2.75) is 11.8 Å². The molecule has 1 N–H and O–H groups in total. The number of aryl methyl sites for hydroxylation is 1. The number of nitrogens with one attached hydrogen (secondary N) is 1. The summed E-state index contributed by atoms with van der Waals surface area (Å²) in [4.78, 5) is 4.15. The van der Waals surface area contributed by atoms with Crippen LogP contribution in [-0.4, -0.2) is 33.6 Å². The topological polar surface area (TPSA) is 103 Å². The number of hydrogen-bond acceptors (Lipinski definition) is 6. The van der Waals surface area contributed by atoms with Crippen LogP contribution in [0.4, 0.5) is 5.69 Å². The van der Waals surface area contributed by atoms with Gasteiger partial charge in [0, 0.05) is 11.9 Å². The highest BCUT2D eigenvalue weighted by atomic mass is 32.2. The van der Waals surface area contributed by atoms with E-state index in [4.69, 9.17) is 0 Å². The molecule has 0 amide bonds. The molecule has 8 nitrogen and oxygen atoms in total. The van der Waals surface area contributed by atoms with Crippen molar-refractivity contribution < 1.29 is 8.42 Å². The third-order valence-electron chi connectivity index (χ3n) is 2.89. The maximum atomic E-state index is 12.4. The molecule has 0 aliphatic carbocycles. The minimum Gasteiger partial charge on any atom is -0.280 e. The minimum atomic E-state index is -3.70. The summed E-state index contributed by atoms with van der Waals surface area (Å²) in [5.74, 6) is 0. The van der Waals surface area contributed by atoms with E-state index in [0.29, 0.717) is 11.4 Å². The molecule has 22 heavy (non-hydrogen) atoms. The zero-order chi connectivity index (χ0) is 15.6. The normalized spacial score (nSPS) is 11.3. The molecule has 0 aliphatic rings. The van der Waals surface area contributed by atoms with E-state index in [0.717, 1.165) is 5.69 Å². The Kier molecular flexibility index (Phi) is 3.55. The number of rotatable bonds is 4. The number of pyridine rings is 1. The molecule has 2 heterocycles. The fourth-order valence-electron chi connectivity index (χ4n) is 1.90. The Morgan fingerprint density at radius 2 is 2.05 bits per heavy atom. The van der Waals surface area contributed by atoms with Crippen molar-refractivity contribution in [1.82, 2.24) is 25.2 Å². The lowest BCUT2D eigenvalue weighted by molar-refractivity contribution is 0.601. The molecule has 112 valence electrons. The van der Waals surface area contributed by atoms with Gasteiger partial charge >= 0.3 is 0 Å². The number of sulfonamides is 1. The van der Waals surface area contributed by atoms with Gasteiger partial charge in [0.2, 0.25) is 0 Å². The van der Waals surface area contributed by atoms with Crippen LogP contribution in [0.25, 0.3) is 5.69 Å². The van der Waals surface area contributed by atoms with Gasteiger partial charge in [-0.05, 0) is 47.7 Å². The molecule has 0 fully saturated rings. The maximum Gasteiger partial charge on any atom is 0.261 e. The predicted octanol–water partition coefficient (Wildman–Crippen LogP) is 1.17. The van der Waals surface area contributed by atoms with Gasteiger partial charge in [0.25, 0.3) is 10.0 Å². The van der Waals surface area contributed by atoms with Gasteiger partial charge in [0.05, 0.1) is 16.3 Å². The maximum absolute atomic E-state index is 12.4. The number of nitrogens with zero attached hydrogens (tertiary/aromatic N) is 5. The van der Waals surface area contributed by atoms with Crippen LogP contribution in [0.3, 0.4) is 0 Å². The molecule has 1 aromatic carbocycles. The molecule has 0 spiro atoms. The second kappa shape index (κ2) is 5.53. The summed E-state index contributed by atoms with van der Waals surface area (Å²) in [5, 5.41) is 10.8. The van der Waals surface area contributed by atoms with Crippen LogP contribution in [0, 0.1) is 6.92 Å². The van der Waals surface area contributed by atoms with Crippen molar-refractivity contribution in [3.63, 3.8) is 0 Å². The highest BCUT2D eigenvalue weighted by Crippen LogP contribution is 2.18. The standard InChI is InChI=1S/C13H12N6O2S/c1-10-7-11(5-6-14-10)16-22(20,21)13-4-2-3-12(8-13)19-9-15-17-18-19/h2-9H,1H3,(H,14,16). The Morgan fingerprint density at radius 3 is 2.77 bits per heavy atom. The van der Waals surface area contributed by atoms with E-state index >= 15 is 0 Å². The molecular formula is C13H12N6O2S. The lowest BCUT2D eigenvalue weighted by Crippen LogP contribution is -2.13. The van der Waals surface area contributed by atoms with Crippen LogP contribution in [-0.2, 0) is 10.0 Å². The Morgan fingerprint density at radius 1 is 1.18 bits per heavy atom. The average molecular weight is 316 g/mol. The Bertz CT molecular complexity index is 892. The van der Waals surface area contributed by atoms with E-state index in [1.165, 1.54) is 23.1 Å². The Hall–Kier alpha value is -2.81. The Balaban J connectivity index is 1.94. The molecule has 9 heteroatoms. The first-order chi connectivity index (χ1) is 10.5. The van der Waals surface area contributed by atoms with Crippen molar-refractivity contribution in [3.8, 4) is 5.69 Å². The summed E-state index contributed by atoms with van der Waals surface area (Å²) in [6.45, 7) is 1.79. The summed E-state index contributed by atoms with van der Waals surface area (Å²) in [6.07, 6.45) is 2.94. The second-order valence-corrected chi connectivity index (χ2v) is 6.23. The zero-order valence-electron chi connectivity index (χ0n) is 11.6. The van der Waals surface area contributed by atoms with Crippen molar-refractivity contribution >= 4 is 15.7 Å². The molecule has 0 aliphatic heterocycles. The fraction of sp³-hybridized carbons (Fsp3) is 0.0769. The van der Waals surface area contributed by atoms with Crippen molar-refractivity contribution in [3.05, 3.63) is 54.6 Å². The number of anilines is 1. The van der Waals surface area contributed by atoms with Gasteiger partial charge in [-0.15, -0.1) is 5.10 Å². The molecular weight excluding hydrogens is 304 g/mol. The van der Waals surface area contributed by atoms with E-state index in [1.54, 1.807) is 37.4 Å². The van der Waals surface area contributed by atoms with Crippen molar-refractivity contribution in [2.75, 3.05) is 4.72 Å². The van der Waals surface area contributed by atoms with E-state index in [-0.39, 0.29) is 4.90 Å². The SMILES string of the molecule is Cc1cc(NS(=O)(=O)c2cccc(-n3cnnn3)c2)ccn1. The summed E-state index contributed by atoms with van der Waals surface area (Å²) in [6, 6.07) is 9.59. The average Bonchev–Trinajstić information content (AvgIpc) is 3.01. The lowest BCUT2D eigenvalue weighted by Gasteiger charge is -2.09. The fourth-order valence-corrected chi connectivity index (χ4v) is 2.98. The van der Waals surface area contributed by atoms with Crippen LogP contribution in [0.5, 0.6) is 0 Å². The largest absolute Gasteiger partial charge is 0.280 e. The molecule has 0 radical (unpaired) electrons. The van der Waals surface area contributed by atoms with Gasteiger partial charge in [-0.3, -0.25) is 9.71 Å². The highest BCUT2D eigenvalue weighted by Gasteiger charge is 2.15. The van der Waals surface area contributed by atoms with Gasteiger partial charge in [0.15, 0.2) is 0 Å². The van der Waals surface area contributed by atoms with Gasteiger partial charge in [-0.2, -0.15) is 0 Å². The first-order valence-electron chi connectivity index (χ1n) is 6.33. The third kappa shape index (κ3) is 2.93. The summed E-state index contributed by atoms with van der Waals surface area (Å²) in [7, 11) is -3.70. The summed E-state index contributed by atoms with van der Waals surface area (Å²) < 4.78 is 28.8. The van der Waals surface area contributed by atoms with Gasteiger partial charge in [-0.25, -0.2) is 13.1 Å². The molecule has 0 atom stereocenters. The molecule has 3 aromatic rings. The smallest absolute Gasteiger partial charge is 0.261 e. The van der Waals surface area contributed by atoms with Crippen LogP contribution in [0.15, 0.2) is 53.8 Å². The molecule has 3 rings (SSSR count). The molecule has 0 unspecified atom stereocenters.